The van der Waals surface area contributed by atoms with Crippen LogP contribution in [-0.2, 0) is 11.3 Å². The highest BCUT2D eigenvalue weighted by molar-refractivity contribution is 6.00. The lowest BCUT2D eigenvalue weighted by Gasteiger charge is -2.27. The molecule has 1 atom stereocenters. The van der Waals surface area contributed by atoms with Crippen LogP contribution in [0.25, 0.3) is 0 Å². The molecular weight excluding hydrogens is 362 g/mol. The monoisotopic (exact) mass is 387 g/mol. The van der Waals surface area contributed by atoms with Crippen LogP contribution in [0.5, 0.6) is 0 Å². The maximum Gasteiger partial charge on any atom is 0.319 e. The normalized spacial score (nSPS) is 11.4. The Bertz CT molecular complexity index is 958. The number of amides is 3. The van der Waals surface area contributed by atoms with Gasteiger partial charge in [0.05, 0.1) is 6.54 Å². The second kappa shape index (κ2) is 9.55. The van der Waals surface area contributed by atoms with Crippen molar-refractivity contribution in [2.24, 2.45) is 0 Å². The fraction of sp³-hybridized carbons (Fsp3) is 0.167. The van der Waals surface area contributed by atoms with E-state index in [0.29, 0.717) is 12.2 Å². The quantitative estimate of drug-likeness (QED) is 0.642. The highest BCUT2D eigenvalue weighted by atomic mass is 16.2. The molecule has 5 heteroatoms. The van der Waals surface area contributed by atoms with E-state index in [9.17, 15) is 9.59 Å². The number of hydrogen-bond acceptors (Lipinski definition) is 2. The minimum Gasteiger partial charge on any atom is -0.326 e. The summed E-state index contributed by atoms with van der Waals surface area (Å²) in [4.78, 5) is 27.2. The van der Waals surface area contributed by atoms with Crippen molar-refractivity contribution in [3.63, 3.8) is 0 Å². The molecule has 0 aliphatic rings. The minimum absolute atomic E-state index is 0.178. The summed E-state index contributed by atoms with van der Waals surface area (Å²) in [5.74, 6) is -0.178. The third kappa shape index (κ3) is 5.69. The average Bonchev–Trinajstić information content (AvgIpc) is 2.73. The van der Waals surface area contributed by atoms with Gasteiger partial charge in [0.2, 0.25) is 5.91 Å². The Kier molecular flexibility index (Phi) is 6.63. The van der Waals surface area contributed by atoms with Gasteiger partial charge in [0.25, 0.3) is 0 Å². The molecule has 0 radical (unpaired) electrons. The Balaban J connectivity index is 1.75. The molecule has 148 valence electrons. The highest BCUT2D eigenvalue weighted by Crippen LogP contribution is 2.20. The molecule has 0 saturated heterocycles. The number of nitrogens with zero attached hydrogens (tertiary/aromatic N) is 1. The van der Waals surface area contributed by atoms with Gasteiger partial charge in [-0.1, -0.05) is 60.7 Å². The van der Waals surface area contributed by atoms with Crippen LogP contribution in [0.15, 0.2) is 84.9 Å². The van der Waals surface area contributed by atoms with Crippen LogP contribution in [0, 0.1) is 6.92 Å². The molecule has 29 heavy (non-hydrogen) atoms. The van der Waals surface area contributed by atoms with Crippen LogP contribution < -0.4 is 15.5 Å². The second-order valence-corrected chi connectivity index (χ2v) is 6.94. The van der Waals surface area contributed by atoms with Crippen molar-refractivity contribution in [2.75, 3.05) is 10.2 Å². The maximum absolute atomic E-state index is 13.2. The summed E-state index contributed by atoms with van der Waals surface area (Å²) in [5, 5.41) is 5.48. The van der Waals surface area contributed by atoms with Gasteiger partial charge in [-0.25, -0.2) is 4.79 Å². The summed E-state index contributed by atoms with van der Waals surface area (Å²) in [6.45, 7) is 4.11. The lowest BCUT2D eigenvalue weighted by atomic mass is 10.1. The van der Waals surface area contributed by atoms with Crippen LogP contribution in [0.1, 0.15) is 18.1 Å². The summed E-state index contributed by atoms with van der Waals surface area (Å²) in [6, 6.07) is 25.6. The molecule has 0 spiro atoms. The largest absolute Gasteiger partial charge is 0.326 e. The van der Waals surface area contributed by atoms with Gasteiger partial charge in [-0.2, -0.15) is 0 Å². The summed E-state index contributed by atoms with van der Waals surface area (Å²) >= 11 is 0. The maximum atomic E-state index is 13.2. The number of anilines is 2. The first kappa shape index (κ1) is 20.1. The Morgan fingerprint density at radius 2 is 1.55 bits per heavy atom. The standard InChI is InChI=1S/C24H25N3O2/c1-18-10-9-15-22(16-18)27(17-20-11-5-3-6-12-20)23(28)19(2)25-24(29)26-21-13-7-4-8-14-21/h3-16,19H,17H2,1-2H3,(H2,25,26,29). The minimum atomic E-state index is -0.692. The summed E-state index contributed by atoms with van der Waals surface area (Å²) in [5.41, 5.74) is 3.56. The van der Waals surface area contributed by atoms with E-state index in [4.69, 9.17) is 0 Å². The third-order valence-corrected chi connectivity index (χ3v) is 4.51. The summed E-state index contributed by atoms with van der Waals surface area (Å²) in [6.07, 6.45) is 0. The molecule has 0 bridgehead atoms. The number of para-hydroxylation sites is 1. The van der Waals surface area contributed by atoms with Gasteiger partial charge in [0, 0.05) is 11.4 Å². The SMILES string of the molecule is Cc1cccc(N(Cc2ccccc2)C(=O)C(C)NC(=O)Nc2ccccc2)c1. The zero-order valence-electron chi connectivity index (χ0n) is 16.6. The molecule has 0 aliphatic carbocycles. The van der Waals surface area contributed by atoms with Gasteiger partial charge >= 0.3 is 6.03 Å². The lowest BCUT2D eigenvalue weighted by molar-refractivity contribution is -0.120. The Morgan fingerprint density at radius 1 is 0.897 bits per heavy atom. The molecule has 0 heterocycles. The first-order chi connectivity index (χ1) is 14.0. The number of urea groups is 1. The van der Waals surface area contributed by atoms with E-state index in [1.54, 1.807) is 24.0 Å². The van der Waals surface area contributed by atoms with Gasteiger partial charge in [0.15, 0.2) is 0 Å². The number of carbonyl (C=O) groups is 2. The number of aryl methyl sites for hydroxylation is 1. The fourth-order valence-corrected chi connectivity index (χ4v) is 3.04. The average molecular weight is 387 g/mol. The second-order valence-electron chi connectivity index (χ2n) is 6.94. The number of rotatable bonds is 6. The van der Waals surface area contributed by atoms with Crippen molar-refractivity contribution in [1.29, 1.82) is 0 Å². The third-order valence-electron chi connectivity index (χ3n) is 4.51. The molecule has 0 saturated carbocycles. The fourth-order valence-electron chi connectivity index (χ4n) is 3.04. The molecule has 2 N–H and O–H groups in total. The van der Waals surface area contributed by atoms with E-state index in [1.807, 2.05) is 79.7 Å². The van der Waals surface area contributed by atoms with Crippen LogP contribution in [0.4, 0.5) is 16.2 Å². The number of benzene rings is 3. The molecule has 1 unspecified atom stereocenters. The zero-order valence-corrected chi connectivity index (χ0v) is 16.6. The molecule has 3 rings (SSSR count). The van der Waals surface area contributed by atoms with Gasteiger partial charge in [0.1, 0.15) is 6.04 Å². The predicted molar refractivity (Wildman–Crippen MR) is 117 cm³/mol. The van der Waals surface area contributed by atoms with Crippen molar-refractivity contribution in [3.8, 4) is 0 Å². The van der Waals surface area contributed by atoms with E-state index < -0.39 is 12.1 Å². The van der Waals surface area contributed by atoms with Gasteiger partial charge in [-0.05, 0) is 49.2 Å². The van der Waals surface area contributed by atoms with Crippen LogP contribution in [0.2, 0.25) is 0 Å². The Hall–Kier alpha value is -3.60. The first-order valence-electron chi connectivity index (χ1n) is 9.57. The van der Waals surface area contributed by atoms with Crippen LogP contribution >= 0.6 is 0 Å². The molecule has 0 aromatic heterocycles. The molecule has 3 aromatic carbocycles. The van der Waals surface area contributed by atoms with Crippen molar-refractivity contribution >= 4 is 23.3 Å². The summed E-state index contributed by atoms with van der Waals surface area (Å²) in [7, 11) is 0. The van der Waals surface area contributed by atoms with E-state index >= 15 is 0 Å². The van der Waals surface area contributed by atoms with Crippen molar-refractivity contribution in [1.82, 2.24) is 5.32 Å². The Labute approximate surface area is 171 Å². The molecule has 0 fully saturated rings. The smallest absolute Gasteiger partial charge is 0.319 e. The Morgan fingerprint density at radius 3 is 2.21 bits per heavy atom. The molecule has 3 amide bonds. The van der Waals surface area contributed by atoms with Crippen molar-refractivity contribution in [3.05, 3.63) is 96.1 Å². The van der Waals surface area contributed by atoms with E-state index in [1.165, 1.54) is 0 Å². The predicted octanol–water partition coefficient (Wildman–Crippen LogP) is 4.74. The number of carbonyl (C=O) groups excluding carboxylic acids is 2. The number of hydrogen-bond donors (Lipinski definition) is 2. The molecule has 0 aliphatic heterocycles. The van der Waals surface area contributed by atoms with Crippen LogP contribution in [-0.4, -0.2) is 18.0 Å². The van der Waals surface area contributed by atoms with Crippen LogP contribution in [0.3, 0.4) is 0 Å². The van der Waals surface area contributed by atoms with E-state index in [2.05, 4.69) is 10.6 Å². The van der Waals surface area contributed by atoms with Crippen molar-refractivity contribution in [2.45, 2.75) is 26.4 Å². The zero-order chi connectivity index (χ0) is 20.6. The van der Waals surface area contributed by atoms with Crippen molar-refractivity contribution < 1.29 is 9.59 Å². The van der Waals surface area contributed by atoms with E-state index in [-0.39, 0.29) is 5.91 Å². The highest BCUT2D eigenvalue weighted by Gasteiger charge is 2.24. The lowest BCUT2D eigenvalue weighted by Crippen LogP contribution is -2.48. The summed E-state index contributed by atoms with van der Waals surface area (Å²) < 4.78 is 0. The van der Waals surface area contributed by atoms with Gasteiger partial charge in [-0.3, -0.25) is 4.79 Å². The first-order valence-corrected chi connectivity index (χ1v) is 9.57. The molecular formula is C24H25N3O2. The molecule has 3 aromatic rings. The molecule has 5 nitrogen and oxygen atoms in total. The van der Waals surface area contributed by atoms with Gasteiger partial charge in [-0.15, -0.1) is 0 Å². The topological polar surface area (TPSA) is 61.4 Å². The van der Waals surface area contributed by atoms with E-state index in [0.717, 1.165) is 16.8 Å². The number of nitrogens with one attached hydrogen (secondary N) is 2. The van der Waals surface area contributed by atoms with Gasteiger partial charge < -0.3 is 15.5 Å².